The van der Waals surface area contributed by atoms with E-state index in [4.69, 9.17) is 23.7 Å². The summed E-state index contributed by atoms with van der Waals surface area (Å²) in [6, 6.07) is 9.68. The first-order valence-electron chi connectivity index (χ1n) is 7.89. The third-order valence-electron chi connectivity index (χ3n) is 3.76. The van der Waals surface area contributed by atoms with Crippen molar-refractivity contribution in [1.29, 1.82) is 0 Å². The summed E-state index contributed by atoms with van der Waals surface area (Å²) in [5.74, 6) is -0.466. The van der Waals surface area contributed by atoms with Gasteiger partial charge >= 0.3 is 5.97 Å². The van der Waals surface area contributed by atoms with Crippen molar-refractivity contribution in [1.82, 2.24) is 0 Å². The van der Waals surface area contributed by atoms with E-state index in [1.54, 1.807) is 13.2 Å². The number of methoxy groups -OCH3 is 3. The molecule has 4 atom stereocenters. The number of esters is 1. The Morgan fingerprint density at radius 1 is 1.04 bits per heavy atom. The molecule has 0 saturated carbocycles. The normalized spacial score (nSPS) is 26.2. The van der Waals surface area contributed by atoms with Crippen LogP contribution in [0.2, 0.25) is 0 Å². The van der Waals surface area contributed by atoms with Crippen LogP contribution in [0, 0.1) is 0 Å². The maximum atomic E-state index is 11.4. The van der Waals surface area contributed by atoms with Gasteiger partial charge in [0.05, 0.1) is 7.11 Å². The van der Waals surface area contributed by atoms with Crippen LogP contribution in [-0.4, -0.2) is 59.2 Å². The standard InChI is InChI=1S/C18H24O7/c1-20-11-23-17-14(9-10-15(19)22-3)25-16(18(17)24-12-21-2)13-7-5-4-6-8-13/h4-10,14,16-18H,11-12H2,1-3H3/b10-9-/t14-,16+,17+,18+/m0/s1. The van der Waals surface area contributed by atoms with Crippen molar-refractivity contribution in [3.05, 3.63) is 48.0 Å². The molecule has 0 radical (unpaired) electrons. The zero-order valence-electron chi connectivity index (χ0n) is 14.6. The van der Waals surface area contributed by atoms with Crippen molar-refractivity contribution >= 4 is 5.97 Å². The van der Waals surface area contributed by atoms with Gasteiger partial charge < -0.3 is 28.4 Å². The number of hydrogen-bond donors (Lipinski definition) is 0. The average Bonchev–Trinajstić information content (AvgIpc) is 3.00. The van der Waals surface area contributed by atoms with Gasteiger partial charge in [0.15, 0.2) is 0 Å². The molecule has 1 aliphatic rings. The van der Waals surface area contributed by atoms with Crippen molar-refractivity contribution in [2.24, 2.45) is 0 Å². The van der Waals surface area contributed by atoms with Crippen LogP contribution in [0.15, 0.2) is 42.5 Å². The molecule has 0 amide bonds. The van der Waals surface area contributed by atoms with Crippen molar-refractivity contribution in [3.8, 4) is 0 Å². The summed E-state index contributed by atoms with van der Waals surface area (Å²) in [5.41, 5.74) is 0.948. The molecule has 25 heavy (non-hydrogen) atoms. The van der Waals surface area contributed by atoms with Gasteiger partial charge in [0.2, 0.25) is 0 Å². The highest BCUT2D eigenvalue weighted by Crippen LogP contribution is 2.37. The highest BCUT2D eigenvalue weighted by atomic mass is 16.7. The lowest BCUT2D eigenvalue weighted by molar-refractivity contribution is -0.150. The van der Waals surface area contributed by atoms with Gasteiger partial charge in [-0.3, -0.25) is 0 Å². The molecular weight excluding hydrogens is 328 g/mol. The SMILES string of the molecule is COCO[C@H]1[C@H](OCOC)[C@@H](c2ccccc2)O[C@H]1/C=C\C(=O)OC. The minimum Gasteiger partial charge on any atom is -0.466 e. The molecule has 7 heteroatoms. The Morgan fingerprint density at radius 3 is 2.28 bits per heavy atom. The van der Waals surface area contributed by atoms with Crippen molar-refractivity contribution < 1.29 is 33.2 Å². The topological polar surface area (TPSA) is 72.5 Å². The first kappa shape index (κ1) is 19.6. The predicted octanol–water partition coefficient (Wildman–Crippen LogP) is 1.83. The van der Waals surface area contributed by atoms with Crippen LogP contribution in [0.5, 0.6) is 0 Å². The van der Waals surface area contributed by atoms with E-state index in [1.807, 2.05) is 30.3 Å². The monoisotopic (exact) mass is 352 g/mol. The summed E-state index contributed by atoms with van der Waals surface area (Å²) >= 11 is 0. The van der Waals surface area contributed by atoms with Crippen LogP contribution in [0.1, 0.15) is 11.7 Å². The first-order valence-corrected chi connectivity index (χ1v) is 7.89. The van der Waals surface area contributed by atoms with E-state index in [9.17, 15) is 4.79 Å². The van der Waals surface area contributed by atoms with Gasteiger partial charge in [-0.15, -0.1) is 0 Å². The highest BCUT2D eigenvalue weighted by Gasteiger charge is 2.46. The number of rotatable bonds is 9. The molecule has 2 rings (SSSR count). The molecule has 1 fully saturated rings. The second-order valence-electron chi connectivity index (χ2n) is 5.39. The van der Waals surface area contributed by atoms with E-state index in [0.29, 0.717) is 0 Å². The molecule has 7 nitrogen and oxygen atoms in total. The number of benzene rings is 1. The largest absolute Gasteiger partial charge is 0.466 e. The highest BCUT2D eigenvalue weighted by molar-refractivity contribution is 5.81. The van der Waals surface area contributed by atoms with Crippen LogP contribution in [0.3, 0.4) is 0 Å². The third kappa shape index (κ3) is 5.35. The van der Waals surface area contributed by atoms with E-state index in [-0.39, 0.29) is 19.7 Å². The van der Waals surface area contributed by atoms with Gasteiger partial charge in [-0.05, 0) is 11.6 Å². The first-order chi connectivity index (χ1) is 12.2. The van der Waals surface area contributed by atoms with Crippen molar-refractivity contribution in [2.75, 3.05) is 34.9 Å². The maximum absolute atomic E-state index is 11.4. The minimum atomic E-state index is -0.499. The predicted molar refractivity (Wildman–Crippen MR) is 88.7 cm³/mol. The quantitative estimate of drug-likeness (QED) is 0.381. The maximum Gasteiger partial charge on any atom is 0.330 e. The van der Waals surface area contributed by atoms with E-state index in [2.05, 4.69) is 4.74 Å². The number of ether oxygens (including phenoxy) is 6. The summed E-state index contributed by atoms with van der Waals surface area (Å²) in [5, 5.41) is 0. The summed E-state index contributed by atoms with van der Waals surface area (Å²) in [6.45, 7) is 0.169. The fourth-order valence-electron chi connectivity index (χ4n) is 2.66. The fraction of sp³-hybridized carbons (Fsp3) is 0.500. The molecule has 0 N–H and O–H groups in total. The molecule has 1 heterocycles. The van der Waals surface area contributed by atoms with Gasteiger partial charge in [-0.25, -0.2) is 4.79 Å². The van der Waals surface area contributed by atoms with Crippen LogP contribution < -0.4 is 0 Å². The molecular formula is C18H24O7. The second kappa shape index (κ2) is 10.3. The third-order valence-corrected chi connectivity index (χ3v) is 3.76. The van der Waals surface area contributed by atoms with Gasteiger partial charge in [-0.1, -0.05) is 30.3 Å². The van der Waals surface area contributed by atoms with Gasteiger partial charge in [0.25, 0.3) is 0 Å². The van der Waals surface area contributed by atoms with Crippen molar-refractivity contribution in [3.63, 3.8) is 0 Å². The van der Waals surface area contributed by atoms with Crippen LogP contribution in [0.25, 0.3) is 0 Å². The summed E-state index contributed by atoms with van der Waals surface area (Å²) in [6.07, 6.45) is 1.16. The summed E-state index contributed by atoms with van der Waals surface area (Å²) < 4.78 is 32.4. The smallest absolute Gasteiger partial charge is 0.330 e. The molecule has 0 aromatic heterocycles. The van der Waals surface area contributed by atoms with E-state index in [0.717, 1.165) is 5.56 Å². The Balaban J connectivity index is 2.25. The zero-order valence-corrected chi connectivity index (χ0v) is 14.6. The molecule has 138 valence electrons. The lowest BCUT2D eigenvalue weighted by Gasteiger charge is -2.23. The Labute approximate surface area is 147 Å². The van der Waals surface area contributed by atoms with Gasteiger partial charge in [0.1, 0.15) is 38.0 Å². The Kier molecular flexibility index (Phi) is 8.03. The average molecular weight is 352 g/mol. The van der Waals surface area contributed by atoms with Crippen molar-refractivity contribution in [2.45, 2.75) is 24.4 Å². The van der Waals surface area contributed by atoms with E-state index < -0.39 is 24.3 Å². The zero-order chi connectivity index (χ0) is 18.1. The fourth-order valence-corrected chi connectivity index (χ4v) is 2.66. The molecule has 1 aliphatic heterocycles. The van der Waals surface area contributed by atoms with Gasteiger partial charge in [0, 0.05) is 20.3 Å². The van der Waals surface area contributed by atoms with E-state index in [1.165, 1.54) is 20.3 Å². The molecule has 0 aliphatic carbocycles. The second-order valence-corrected chi connectivity index (χ2v) is 5.39. The van der Waals surface area contributed by atoms with Crippen LogP contribution in [0.4, 0.5) is 0 Å². The molecule has 1 aromatic rings. The van der Waals surface area contributed by atoms with Crippen LogP contribution >= 0.6 is 0 Å². The number of carbonyl (C=O) groups excluding carboxylic acids is 1. The Hall–Kier alpha value is -1.77. The molecule has 0 spiro atoms. The minimum absolute atomic E-state index is 0.0743. The molecule has 1 saturated heterocycles. The molecule has 0 unspecified atom stereocenters. The number of hydrogen-bond acceptors (Lipinski definition) is 7. The number of carbonyl (C=O) groups is 1. The Bertz CT molecular complexity index is 546. The lowest BCUT2D eigenvalue weighted by Crippen LogP contribution is -2.36. The van der Waals surface area contributed by atoms with Gasteiger partial charge in [-0.2, -0.15) is 0 Å². The summed E-state index contributed by atoms with van der Waals surface area (Å²) in [4.78, 5) is 11.4. The van der Waals surface area contributed by atoms with Crippen LogP contribution in [-0.2, 0) is 33.2 Å². The molecule has 1 aromatic carbocycles. The summed E-state index contributed by atoms with van der Waals surface area (Å²) in [7, 11) is 4.40. The lowest BCUT2D eigenvalue weighted by atomic mass is 10.0. The Morgan fingerprint density at radius 2 is 1.68 bits per heavy atom. The van der Waals surface area contributed by atoms with E-state index >= 15 is 0 Å². The molecule has 0 bridgehead atoms.